The van der Waals surface area contributed by atoms with E-state index in [0.29, 0.717) is 6.54 Å². The summed E-state index contributed by atoms with van der Waals surface area (Å²) < 4.78 is 2.08. The van der Waals surface area contributed by atoms with Crippen LogP contribution in [-0.4, -0.2) is 9.38 Å². The summed E-state index contributed by atoms with van der Waals surface area (Å²) in [5, 5.41) is 0. The van der Waals surface area contributed by atoms with E-state index in [0.717, 1.165) is 17.0 Å². The Hall–Kier alpha value is -1.35. The number of fused-ring (bicyclic) bond motifs is 1. The van der Waals surface area contributed by atoms with E-state index in [1.54, 1.807) is 0 Å². The van der Waals surface area contributed by atoms with Gasteiger partial charge in [0, 0.05) is 18.4 Å². The molecular weight excluding hydrogens is 162 g/mol. The van der Waals surface area contributed by atoms with Crippen LogP contribution in [0.15, 0.2) is 18.3 Å². The zero-order valence-electron chi connectivity index (χ0n) is 7.91. The molecule has 13 heavy (non-hydrogen) atoms. The third-order valence-corrected chi connectivity index (χ3v) is 2.30. The summed E-state index contributed by atoms with van der Waals surface area (Å²) in [6.45, 7) is 4.62. The van der Waals surface area contributed by atoms with Crippen LogP contribution >= 0.6 is 0 Å². The molecule has 0 fully saturated rings. The lowest BCUT2D eigenvalue weighted by atomic mass is 10.3. The quantitative estimate of drug-likeness (QED) is 0.712. The molecule has 2 rings (SSSR count). The van der Waals surface area contributed by atoms with E-state index in [2.05, 4.69) is 28.6 Å². The Morgan fingerprint density at radius 2 is 2.15 bits per heavy atom. The van der Waals surface area contributed by atoms with Crippen LogP contribution in [0.4, 0.5) is 0 Å². The zero-order valence-corrected chi connectivity index (χ0v) is 7.91. The van der Waals surface area contributed by atoms with E-state index < -0.39 is 0 Å². The molecular formula is C10H13N3. The number of hydrogen-bond donors (Lipinski definition) is 1. The highest BCUT2D eigenvalue weighted by Gasteiger charge is 2.05. The van der Waals surface area contributed by atoms with Crippen LogP contribution in [0.5, 0.6) is 0 Å². The standard InChI is InChI=1S/C10H13N3/c1-7-3-4-10-12-9(5-11)8(2)13(10)6-7/h3-4,6H,5,11H2,1-2H3. The summed E-state index contributed by atoms with van der Waals surface area (Å²) in [4.78, 5) is 4.41. The Balaban J connectivity index is 2.77. The monoisotopic (exact) mass is 175 g/mol. The summed E-state index contributed by atoms with van der Waals surface area (Å²) in [5.41, 5.74) is 9.90. The SMILES string of the molecule is Cc1ccc2nc(CN)c(C)n2c1. The fraction of sp³-hybridized carbons (Fsp3) is 0.300. The van der Waals surface area contributed by atoms with Gasteiger partial charge in [0.15, 0.2) is 0 Å². The average molecular weight is 175 g/mol. The zero-order chi connectivity index (χ0) is 9.42. The number of pyridine rings is 1. The van der Waals surface area contributed by atoms with Gasteiger partial charge < -0.3 is 10.1 Å². The Morgan fingerprint density at radius 3 is 2.85 bits per heavy atom. The van der Waals surface area contributed by atoms with Crippen LogP contribution in [0.2, 0.25) is 0 Å². The van der Waals surface area contributed by atoms with Crippen molar-refractivity contribution in [3.63, 3.8) is 0 Å². The van der Waals surface area contributed by atoms with Crippen molar-refractivity contribution in [2.75, 3.05) is 0 Å². The maximum atomic E-state index is 5.58. The van der Waals surface area contributed by atoms with Crippen molar-refractivity contribution >= 4 is 5.65 Å². The molecule has 0 bridgehead atoms. The molecule has 2 heterocycles. The first kappa shape index (κ1) is 8.26. The van der Waals surface area contributed by atoms with Gasteiger partial charge in [-0.1, -0.05) is 6.07 Å². The van der Waals surface area contributed by atoms with E-state index in [-0.39, 0.29) is 0 Å². The minimum absolute atomic E-state index is 0.507. The first-order valence-electron chi connectivity index (χ1n) is 4.36. The fourth-order valence-corrected chi connectivity index (χ4v) is 1.51. The number of nitrogens with zero attached hydrogens (tertiary/aromatic N) is 2. The van der Waals surface area contributed by atoms with E-state index in [9.17, 15) is 0 Å². The van der Waals surface area contributed by atoms with Gasteiger partial charge in [0.05, 0.1) is 5.69 Å². The molecule has 2 N–H and O–H groups in total. The summed E-state index contributed by atoms with van der Waals surface area (Å²) in [7, 11) is 0. The van der Waals surface area contributed by atoms with E-state index in [1.165, 1.54) is 5.56 Å². The number of imidazole rings is 1. The minimum atomic E-state index is 0.507. The predicted molar refractivity (Wildman–Crippen MR) is 52.6 cm³/mol. The van der Waals surface area contributed by atoms with Crippen LogP contribution in [-0.2, 0) is 6.54 Å². The molecule has 2 aromatic heterocycles. The number of rotatable bonds is 1. The first-order chi connectivity index (χ1) is 6.22. The van der Waals surface area contributed by atoms with E-state index in [4.69, 9.17) is 5.73 Å². The number of aromatic nitrogens is 2. The molecule has 0 aromatic carbocycles. The molecule has 0 radical (unpaired) electrons. The highest BCUT2D eigenvalue weighted by atomic mass is 15.0. The number of nitrogens with two attached hydrogens (primary N) is 1. The van der Waals surface area contributed by atoms with Gasteiger partial charge in [0.2, 0.25) is 0 Å². The predicted octanol–water partition coefficient (Wildman–Crippen LogP) is 1.41. The van der Waals surface area contributed by atoms with Gasteiger partial charge in [-0.05, 0) is 25.5 Å². The normalized spacial score (nSPS) is 11.0. The largest absolute Gasteiger partial charge is 0.325 e. The maximum Gasteiger partial charge on any atom is 0.137 e. The molecule has 3 nitrogen and oxygen atoms in total. The lowest BCUT2D eigenvalue weighted by Gasteiger charge is -1.97. The van der Waals surface area contributed by atoms with Crippen LogP contribution in [0, 0.1) is 13.8 Å². The summed E-state index contributed by atoms with van der Waals surface area (Å²) in [6.07, 6.45) is 2.08. The molecule has 0 atom stereocenters. The van der Waals surface area contributed by atoms with Gasteiger partial charge in [-0.3, -0.25) is 0 Å². The van der Waals surface area contributed by atoms with Crippen molar-refractivity contribution in [3.8, 4) is 0 Å². The molecule has 0 spiro atoms. The lowest BCUT2D eigenvalue weighted by Crippen LogP contribution is -1.98. The summed E-state index contributed by atoms with van der Waals surface area (Å²) in [5.74, 6) is 0. The Kier molecular flexibility index (Phi) is 1.81. The molecule has 0 saturated carbocycles. The molecule has 0 aliphatic carbocycles. The highest BCUT2D eigenvalue weighted by Crippen LogP contribution is 2.12. The van der Waals surface area contributed by atoms with Crippen molar-refractivity contribution < 1.29 is 0 Å². The van der Waals surface area contributed by atoms with Crippen LogP contribution in [0.1, 0.15) is 17.0 Å². The molecule has 0 amide bonds. The van der Waals surface area contributed by atoms with Gasteiger partial charge in [0.1, 0.15) is 5.65 Å². The molecule has 0 saturated heterocycles. The topological polar surface area (TPSA) is 43.3 Å². The molecule has 3 heteroatoms. The van der Waals surface area contributed by atoms with Crippen LogP contribution in [0.3, 0.4) is 0 Å². The second kappa shape index (κ2) is 2.85. The minimum Gasteiger partial charge on any atom is -0.325 e. The van der Waals surface area contributed by atoms with E-state index in [1.807, 2.05) is 13.0 Å². The molecule has 0 unspecified atom stereocenters. The van der Waals surface area contributed by atoms with Gasteiger partial charge in [-0.2, -0.15) is 0 Å². The average Bonchev–Trinajstić information content (AvgIpc) is 2.44. The van der Waals surface area contributed by atoms with Gasteiger partial charge >= 0.3 is 0 Å². The van der Waals surface area contributed by atoms with Crippen molar-refractivity contribution in [2.24, 2.45) is 5.73 Å². The highest BCUT2D eigenvalue weighted by molar-refractivity contribution is 5.44. The van der Waals surface area contributed by atoms with E-state index >= 15 is 0 Å². The first-order valence-corrected chi connectivity index (χ1v) is 4.36. The summed E-state index contributed by atoms with van der Waals surface area (Å²) >= 11 is 0. The third kappa shape index (κ3) is 1.21. The fourth-order valence-electron chi connectivity index (χ4n) is 1.51. The lowest BCUT2D eigenvalue weighted by molar-refractivity contribution is 0.981. The molecule has 0 aliphatic rings. The second-order valence-electron chi connectivity index (χ2n) is 3.28. The van der Waals surface area contributed by atoms with Crippen molar-refractivity contribution in [1.82, 2.24) is 9.38 Å². The Morgan fingerprint density at radius 1 is 1.38 bits per heavy atom. The number of hydrogen-bond acceptors (Lipinski definition) is 2. The number of aryl methyl sites for hydroxylation is 2. The van der Waals surface area contributed by atoms with Crippen molar-refractivity contribution in [3.05, 3.63) is 35.3 Å². The Bertz CT molecular complexity index is 443. The van der Waals surface area contributed by atoms with Gasteiger partial charge in [-0.25, -0.2) is 4.98 Å². The smallest absolute Gasteiger partial charge is 0.137 e. The van der Waals surface area contributed by atoms with Crippen LogP contribution in [0.25, 0.3) is 5.65 Å². The maximum absolute atomic E-state index is 5.58. The Labute approximate surface area is 77.2 Å². The van der Waals surface area contributed by atoms with Gasteiger partial charge in [-0.15, -0.1) is 0 Å². The van der Waals surface area contributed by atoms with Gasteiger partial charge in [0.25, 0.3) is 0 Å². The molecule has 2 aromatic rings. The molecule has 68 valence electrons. The summed E-state index contributed by atoms with van der Waals surface area (Å²) in [6, 6.07) is 4.07. The van der Waals surface area contributed by atoms with Crippen molar-refractivity contribution in [1.29, 1.82) is 0 Å². The van der Waals surface area contributed by atoms with Crippen LogP contribution < -0.4 is 5.73 Å². The second-order valence-corrected chi connectivity index (χ2v) is 3.28. The van der Waals surface area contributed by atoms with Crippen molar-refractivity contribution in [2.45, 2.75) is 20.4 Å². The third-order valence-electron chi connectivity index (χ3n) is 2.30. The molecule has 0 aliphatic heterocycles.